The van der Waals surface area contributed by atoms with E-state index in [-0.39, 0.29) is 16.6 Å². The molecule has 2 aromatic carbocycles. The molecular formula is C19H18N2O5S3. The number of aromatic nitrogens is 1. The van der Waals surface area contributed by atoms with Crippen molar-refractivity contribution < 1.29 is 22.7 Å². The molecule has 0 unspecified atom stereocenters. The molecule has 0 saturated heterocycles. The molecule has 1 N–H and O–H groups in total. The Morgan fingerprint density at radius 3 is 2.59 bits per heavy atom. The molecular weight excluding hydrogens is 432 g/mol. The van der Waals surface area contributed by atoms with Crippen LogP contribution >= 0.6 is 23.1 Å². The number of hydrogen-bond acceptors (Lipinski definition) is 8. The van der Waals surface area contributed by atoms with Crippen molar-refractivity contribution in [3.05, 3.63) is 48.0 Å². The van der Waals surface area contributed by atoms with Crippen LogP contribution in [0.15, 0.2) is 51.7 Å². The van der Waals surface area contributed by atoms with E-state index in [9.17, 15) is 18.0 Å². The van der Waals surface area contributed by atoms with E-state index in [1.807, 2.05) is 6.92 Å². The molecule has 0 saturated carbocycles. The standard InChI is InChI=1S/C19H18N2O5S3/c1-12-3-6-14(7-4-12)29(24,25)11-17(22)20-13-5-8-15-16(9-13)28-19(21-15)27-10-18(23)26-2/h3-9H,10-11H2,1-2H3,(H,20,22). The summed E-state index contributed by atoms with van der Waals surface area (Å²) in [6, 6.07) is 11.5. The molecule has 1 aromatic heterocycles. The van der Waals surface area contributed by atoms with Crippen LogP contribution in [-0.2, 0) is 24.2 Å². The average molecular weight is 451 g/mol. The van der Waals surface area contributed by atoms with Crippen LogP contribution in [0.2, 0.25) is 0 Å². The van der Waals surface area contributed by atoms with E-state index in [0.717, 1.165) is 15.8 Å². The quantitative estimate of drug-likeness (QED) is 0.435. The van der Waals surface area contributed by atoms with Gasteiger partial charge in [-0.2, -0.15) is 0 Å². The number of sulfone groups is 1. The van der Waals surface area contributed by atoms with Gasteiger partial charge < -0.3 is 10.1 Å². The molecule has 7 nitrogen and oxygen atoms in total. The second-order valence-corrected chi connectivity index (χ2v) is 10.4. The average Bonchev–Trinajstić information content (AvgIpc) is 3.08. The number of esters is 1. The molecule has 3 aromatic rings. The lowest BCUT2D eigenvalue weighted by Gasteiger charge is -2.07. The maximum absolute atomic E-state index is 12.4. The van der Waals surface area contributed by atoms with Crippen LogP contribution in [0.1, 0.15) is 5.56 Å². The first-order chi connectivity index (χ1) is 13.8. The second-order valence-electron chi connectivity index (χ2n) is 6.15. The van der Waals surface area contributed by atoms with E-state index in [0.29, 0.717) is 10.0 Å². The molecule has 0 atom stereocenters. The number of anilines is 1. The van der Waals surface area contributed by atoms with Gasteiger partial charge in [0.05, 0.1) is 28.0 Å². The summed E-state index contributed by atoms with van der Waals surface area (Å²) in [5, 5.41) is 2.62. The van der Waals surface area contributed by atoms with E-state index in [4.69, 9.17) is 0 Å². The first-order valence-electron chi connectivity index (χ1n) is 8.46. The summed E-state index contributed by atoms with van der Waals surface area (Å²) in [6.07, 6.45) is 0. The lowest BCUT2D eigenvalue weighted by atomic mass is 10.2. The Balaban J connectivity index is 1.68. The van der Waals surface area contributed by atoms with Crippen molar-refractivity contribution in [3.63, 3.8) is 0 Å². The molecule has 0 aliphatic heterocycles. The number of thioether (sulfide) groups is 1. The number of nitrogens with one attached hydrogen (secondary N) is 1. The van der Waals surface area contributed by atoms with Gasteiger partial charge in [-0.25, -0.2) is 13.4 Å². The largest absolute Gasteiger partial charge is 0.468 e. The number of methoxy groups -OCH3 is 1. The van der Waals surface area contributed by atoms with Crippen LogP contribution in [0.5, 0.6) is 0 Å². The SMILES string of the molecule is COC(=O)CSc1nc2ccc(NC(=O)CS(=O)(=O)c3ccc(C)cc3)cc2s1. The summed E-state index contributed by atoms with van der Waals surface area (Å²) in [4.78, 5) is 28.0. The van der Waals surface area contributed by atoms with Crippen molar-refractivity contribution in [3.8, 4) is 0 Å². The zero-order valence-corrected chi connectivity index (χ0v) is 18.1. The minimum atomic E-state index is -3.72. The van der Waals surface area contributed by atoms with Crippen molar-refractivity contribution in [2.45, 2.75) is 16.2 Å². The molecule has 1 amide bonds. The molecule has 0 fully saturated rings. The fourth-order valence-electron chi connectivity index (χ4n) is 2.42. The normalized spacial score (nSPS) is 11.4. The minimum Gasteiger partial charge on any atom is -0.468 e. The Bertz CT molecular complexity index is 1150. The predicted molar refractivity (Wildman–Crippen MR) is 114 cm³/mol. The Hall–Kier alpha value is -2.43. The highest BCUT2D eigenvalue weighted by Crippen LogP contribution is 2.31. The molecule has 0 bridgehead atoms. The van der Waals surface area contributed by atoms with Gasteiger partial charge in [-0.15, -0.1) is 11.3 Å². The van der Waals surface area contributed by atoms with Crippen molar-refractivity contribution in [2.75, 3.05) is 23.9 Å². The van der Waals surface area contributed by atoms with Gasteiger partial charge in [-0.05, 0) is 37.3 Å². The van der Waals surface area contributed by atoms with E-state index in [1.54, 1.807) is 30.3 Å². The molecule has 0 aliphatic carbocycles. The van der Waals surface area contributed by atoms with Gasteiger partial charge in [0.15, 0.2) is 14.2 Å². The molecule has 3 rings (SSSR count). The van der Waals surface area contributed by atoms with Crippen LogP contribution < -0.4 is 5.32 Å². The number of amides is 1. The number of aryl methyl sites for hydroxylation is 1. The van der Waals surface area contributed by atoms with Gasteiger partial charge in [-0.3, -0.25) is 9.59 Å². The molecule has 10 heteroatoms. The van der Waals surface area contributed by atoms with Crippen LogP contribution in [0, 0.1) is 6.92 Å². The molecule has 0 radical (unpaired) electrons. The fourth-order valence-corrected chi connectivity index (χ4v) is 5.50. The minimum absolute atomic E-state index is 0.114. The molecule has 0 spiro atoms. The maximum Gasteiger partial charge on any atom is 0.316 e. The summed E-state index contributed by atoms with van der Waals surface area (Å²) in [7, 11) is -2.39. The van der Waals surface area contributed by atoms with Gasteiger partial charge in [-0.1, -0.05) is 29.5 Å². The Labute approximate surface area is 176 Å². The Kier molecular flexibility index (Phi) is 6.56. The molecule has 0 aliphatic rings. The highest BCUT2D eigenvalue weighted by Gasteiger charge is 2.19. The van der Waals surface area contributed by atoms with Gasteiger partial charge in [0, 0.05) is 5.69 Å². The lowest BCUT2D eigenvalue weighted by Crippen LogP contribution is -2.23. The fraction of sp³-hybridized carbons (Fsp3) is 0.211. The van der Waals surface area contributed by atoms with Crippen LogP contribution in [-0.4, -0.2) is 43.9 Å². The van der Waals surface area contributed by atoms with Crippen molar-refractivity contribution in [2.24, 2.45) is 0 Å². The van der Waals surface area contributed by atoms with Gasteiger partial charge in [0.25, 0.3) is 0 Å². The molecule has 1 heterocycles. The summed E-state index contributed by atoms with van der Waals surface area (Å²) >= 11 is 2.65. The number of benzene rings is 2. The highest BCUT2D eigenvalue weighted by molar-refractivity contribution is 8.01. The number of nitrogens with zero attached hydrogens (tertiary/aromatic N) is 1. The summed E-state index contributed by atoms with van der Waals surface area (Å²) in [5.74, 6) is -1.43. The highest BCUT2D eigenvalue weighted by atomic mass is 32.2. The number of rotatable bonds is 7. The first-order valence-corrected chi connectivity index (χ1v) is 11.9. The third-order valence-electron chi connectivity index (χ3n) is 3.89. The van der Waals surface area contributed by atoms with Crippen LogP contribution in [0.25, 0.3) is 10.2 Å². The van der Waals surface area contributed by atoms with Crippen molar-refractivity contribution in [1.29, 1.82) is 0 Å². The smallest absolute Gasteiger partial charge is 0.316 e. The van der Waals surface area contributed by atoms with Gasteiger partial charge in [0.1, 0.15) is 5.75 Å². The molecule has 29 heavy (non-hydrogen) atoms. The summed E-state index contributed by atoms with van der Waals surface area (Å²) in [6.45, 7) is 1.86. The molecule has 152 valence electrons. The van der Waals surface area contributed by atoms with Gasteiger partial charge >= 0.3 is 5.97 Å². The number of ether oxygens (including phenoxy) is 1. The Morgan fingerprint density at radius 2 is 1.90 bits per heavy atom. The van der Waals surface area contributed by atoms with Crippen LogP contribution in [0.4, 0.5) is 5.69 Å². The number of thiazole rings is 1. The zero-order chi connectivity index (χ0) is 21.0. The van der Waals surface area contributed by atoms with E-state index < -0.39 is 21.5 Å². The summed E-state index contributed by atoms with van der Waals surface area (Å²) < 4.78 is 30.9. The number of carbonyl (C=O) groups excluding carboxylic acids is 2. The first kappa shape index (κ1) is 21.3. The topological polar surface area (TPSA) is 102 Å². The predicted octanol–water partition coefficient (Wildman–Crippen LogP) is 3.28. The third-order valence-corrected chi connectivity index (χ3v) is 7.66. The van der Waals surface area contributed by atoms with Crippen molar-refractivity contribution >= 4 is 60.7 Å². The van der Waals surface area contributed by atoms with Gasteiger partial charge in [0.2, 0.25) is 5.91 Å². The van der Waals surface area contributed by atoms with E-state index in [1.165, 1.54) is 42.3 Å². The lowest BCUT2D eigenvalue weighted by molar-refractivity contribution is -0.137. The van der Waals surface area contributed by atoms with Crippen molar-refractivity contribution in [1.82, 2.24) is 4.98 Å². The maximum atomic E-state index is 12.4. The number of carbonyl (C=O) groups is 2. The van der Waals surface area contributed by atoms with Crippen LogP contribution in [0.3, 0.4) is 0 Å². The number of hydrogen-bond donors (Lipinski definition) is 1. The summed E-state index contributed by atoms with van der Waals surface area (Å²) in [5.41, 5.74) is 2.15. The number of fused-ring (bicyclic) bond motifs is 1. The Morgan fingerprint density at radius 1 is 1.17 bits per heavy atom. The third kappa shape index (κ3) is 5.55. The zero-order valence-electron chi connectivity index (χ0n) is 15.7. The van der Waals surface area contributed by atoms with E-state index >= 15 is 0 Å². The van der Waals surface area contributed by atoms with E-state index in [2.05, 4.69) is 15.0 Å². The second kappa shape index (κ2) is 8.93. The monoisotopic (exact) mass is 450 g/mol.